The largest absolute Gasteiger partial charge is 0.352 e. The van der Waals surface area contributed by atoms with Crippen LogP contribution < -0.4 is 5.32 Å². The molecular formula is C21H34N4O. The minimum Gasteiger partial charge on any atom is -0.352 e. The quantitative estimate of drug-likeness (QED) is 0.849. The number of amides is 1. The Balaban J connectivity index is 1.37. The van der Waals surface area contributed by atoms with Crippen molar-refractivity contribution in [3.8, 4) is 0 Å². The molecule has 5 heteroatoms. The maximum absolute atomic E-state index is 12.4. The van der Waals surface area contributed by atoms with Gasteiger partial charge in [-0.3, -0.25) is 14.7 Å². The zero-order chi connectivity index (χ0) is 18.0. The summed E-state index contributed by atoms with van der Waals surface area (Å²) >= 11 is 0. The summed E-state index contributed by atoms with van der Waals surface area (Å²) in [5.41, 5.74) is 1.25. The molecule has 0 spiro atoms. The van der Waals surface area contributed by atoms with Crippen molar-refractivity contribution in [2.24, 2.45) is 0 Å². The minimum atomic E-state index is 0.222. The normalized spacial score (nSPS) is 23.2. The number of piperidine rings is 1. The van der Waals surface area contributed by atoms with Gasteiger partial charge in [0.05, 0.1) is 0 Å². The van der Waals surface area contributed by atoms with Crippen LogP contribution in [0.3, 0.4) is 0 Å². The molecule has 2 fully saturated rings. The van der Waals surface area contributed by atoms with E-state index in [1.807, 2.05) is 18.5 Å². The Hall–Kier alpha value is -1.46. The van der Waals surface area contributed by atoms with Crippen molar-refractivity contribution >= 4 is 5.91 Å². The van der Waals surface area contributed by atoms with Gasteiger partial charge in [-0.1, -0.05) is 25.3 Å². The predicted molar refractivity (Wildman–Crippen MR) is 105 cm³/mol. The summed E-state index contributed by atoms with van der Waals surface area (Å²) < 4.78 is 0. The van der Waals surface area contributed by atoms with E-state index in [1.54, 1.807) is 0 Å². The van der Waals surface area contributed by atoms with Crippen LogP contribution in [-0.4, -0.2) is 59.5 Å². The van der Waals surface area contributed by atoms with E-state index in [9.17, 15) is 4.79 Å². The summed E-state index contributed by atoms with van der Waals surface area (Å²) in [4.78, 5) is 21.5. The molecule has 1 N–H and O–H groups in total. The number of likely N-dealkylation sites (tertiary alicyclic amines) is 2. The van der Waals surface area contributed by atoms with Crippen LogP contribution in [0.15, 0.2) is 24.5 Å². The molecule has 5 nitrogen and oxygen atoms in total. The van der Waals surface area contributed by atoms with Gasteiger partial charge in [-0.15, -0.1) is 0 Å². The smallest absolute Gasteiger partial charge is 0.221 e. The minimum absolute atomic E-state index is 0.222. The highest BCUT2D eigenvalue weighted by Gasteiger charge is 2.21. The zero-order valence-corrected chi connectivity index (χ0v) is 16.0. The molecule has 1 aromatic heterocycles. The SMILES string of the molecule is O=C(CCN1CCCCCCC1)N[C@@H]1CCCN(Cc2cccnc2)C1. The number of carbonyl (C=O) groups excluding carboxylic acids is 1. The van der Waals surface area contributed by atoms with Crippen LogP contribution in [0.2, 0.25) is 0 Å². The highest BCUT2D eigenvalue weighted by atomic mass is 16.1. The highest BCUT2D eigenvalue weighted by Crippen LogP contribution is 2.14. The van der Waals surface area contributed by atoms with Crippen molar-refractivity contribution in [2.75, 3.05) is 32.7 Å². The summed E-state index contributed by atoms with van der Waals surface area (Å²) in [5.74, 6) is 0.222. The third kappa shape index (κ3) is 6.69. The molecule has 0 aliphatic carbocycles. The Labute approximate surface area is 158 Å². The third-order valence-corrected chi connectivity index (χ3v) is 5.60. The fourth-order valence-corrected chi connectivity index (χ4v) is 4.16. The van der Waals surface area contributed by atoms with Gasteiger partial charge in [-0.2, -0.15) is 0 Å². The first-order chi connectivity index (χ1) is 12.8. The second kappa shape index (κ2) is 10.6. The van der Waals surface area contributed by atoms with E-state index < -0.39 is 0 Å². The molecule has 2 aliphatic rings. The molecule has 3 rings (SSSR count). The first-order valence-corrected chi connectivity index (χ1v) is 10.4. The Morgan fingerprint density at radius 1 is 1.08 bits per heavy atom. The Morgan fingerprint density at radius 2 is 1.85 bits per heavy atom. The average molecular weight is 359 g/mol. The lowest BCUT2D eigenvalue weighted by molar-refractivity contribution is -0.122. The molecule has 3 heterocycles. The second-order valence-corrected chi connectivity index (χ2v) is 7.86. The van der Waals surface area contributed by atoms with E-state index in [0.29, 0.717) is 12.5 Å². The summed E-state index contributed by atoms with van der Waals surface area (Å²) in [6.45, 7) is 6.22. The Kier molecular flexibility index (Phi) is 7.89. The van der Waals surface area contributed by atoms with Crippen molar-refractivity contribution < 1.29 is 4.79 Å². The molecule has 26 heavy (non-hydrogen) atoms. The lowest BCUT2D eigenvalue weighted by Gasteiger charge is -2.33. The van der Waals surface area contributed by atoms with Gasteiger partial charge in [0.15, 0.2) is 0 Å². The van der Waals surface area contributed by atoms with E-state index in [1.165, 1.54) is 37.7 Å². The van der Waals surface area contributed by atoms with Gasteiger partial charge in [0.1, 0.15) is 0 Å². The van der Waals surface area contributed by atoms with Crippen LogP contribution in [0.4, 0.5) is 0 Å². The summed E-state index contributed by atoms with van der Waals surface area (Å²) in [6.07, 6.45) is 13.3. The predicted octanol–water partition coefficient (Wildman–Crippen LogP) is 2.82. The molecule has 144 valence electrons. The topological polar surface area (TPSA) is 48.5 Å². The number of hydrogen-bond donors (Lipinski definition) is 1. The molecule has 0 radical (unpaired) electrons. The van der Waals surface area contributed by atoms with Gasteiger partial charge in [-0.25, -0.2) is 0 Å². The molecule has 2 saturated heterocycles. The summed E-state index contributed by atoms with van der Waals surface area (Å²) in [6, 6.07) is 4.40. The lowest BCUT2D eigenvalue weighted by atomic mass is 10.0. The third-order valence-electron chi connectivity index (χ3n) is 5.60. The van der Waals surface area contributed by atoms with E-state index in [4.69, 9.17) is 0 Å². The van der Waals surface area contributed by atoms with E-state index in [0.717, 1.165) is 52.1 Å². The number of carbonyl (C=O) groups is 1. The highest BCUT2D eigenvalue weighted by molar-refractivity contribution is 5.76. The molecule has 1 atom stereocenters. The van der Waals surface area contributed by atoms with Crippen LogP contribution in [-0.2, 0) is 11.3 Å². The van der Waals surface area contributed by atoms with E-state index >= 15 is 0 Å². The van der Waals surface area contributed by atoms with Crippen molar-refractivity contribution in [1.29, 1.82) is 0 Å². The fraction of sp³-hybridized carbons (Fsp3) is 0.714. The number of aromatic nitrogens is 1. The maximum atomic E-state index is 12.4. The fourth-order valence-electron chi connectivity index (χ4n) is 4.16. The molecule has 0 unspecified atom stereocenters. The molecule has 0 saturated carbocycles. The summed E-state index contributed by atoms with van der Waals surface area (Å²) in [7, 11) is 0. The first kappa shape index (κ1) is 19.3. The first-order valence-electron chi connectivity index (χ1n) is 10.4. The van der Waals surface area contributed by atoms with E-state index in [2.05, 4.69) is 26.2 Å². The zero-order valence-electron chi connectivity index (χ0n) is 16.0. The van der Waals surface area contributed by atoms with Crippen molar-refractivity contribution in [3.05, 3.63) is 30.1 Å². The molecule has 1 aromatic rings. The van der Waals surface area contributed by atoms with Crippen LogP contribution in [0.1, 0.15) is 56.9 Å². The maximum Gasteiger partial charge on any atom is 0.221 e. The molecule has 1 amide bonds. The number of rotatable bonds is 6. The van der Waals surface area contributed by atoms with Crippen LogP contribution in [0.25, 0.3) is 0 Å². The van der Waals surface area contributed by atoms with Crippen molar-refractivity contribution in [3.63, 3.8) is 0 Å². The summed E-state index contributed by atoms with van der Waals surface area (Å²) in [5, 5.41) is 3.28. The van der Waals surface area contributed by atoms with Crippen LogP contribution in [0, 0.1) is 0 Å². The standard InChI is InChI=1S/C21H34N4O/c26-21(10-15-24-12-4-2-1-3-5-13-24)23-20-9-7-14-25(18-20)17-19-8-6-11-22-16-19/h6,8,11,16,20H,1-5,7,9-10,12-15,17-18H2,(H,23,26)/t20-/m1/s1. The monoisotopic (exact) mass is 358 g/mol. The molecule has 2 aliphatic heterocycles. The second-order valence-electron chi connectivity index (χ2n) is 7.86. The van der Waals surface area contributed by atoms with Gasteiger partial charge in [0.2, 0.25) is 5.91 Å². The van der Waals surface area contributed by atoms with Gasteiger partial charge < -0.3 is 10.2 Å². The Bertz CT molecular complexity index is 528. The molecule has 0 bridgehead atoms. The van der Waals surface area contributed by atoms with Crippen molar-refractivity contribution in [2.45, 2.75) is 64.0 Å². The van der Waals surface area contributed by atoms with Gasteiger partial charge in [0.25, 0.3) is 0 Å². The Morgan fingerprint density at radius 3 is 2.62 bits per heavy atom. The van der Waals surface area contributed by atoms with Crippen LogP contribution in [0.5, 0.6) is 0 Å². The van der Waals surface area contributed by atoms with Gasteiger partial charge in [0, 0.05) is 44.5 Å². The lowest BCUT2D eigenvalue weighted by Crippen LogP contribution is -2.47. The van der Waals surface area contributed by atoms with Crippen LogP contribution >= 0.6 is 0 Å². The van der Waals surface area contributed by atoms with Crippen molar-refractivity contribution in [1.82, 2.24) is 20.1 Å². The molecule has 0 aromatic carbocycles. The molecular weight excluding hydrogens is 324 g/mol. The van der Waals surface area contributed by atoms with E-state index in [-0.39, 0.29) is 5.91 Å². The average Bonchev–Trinajstić information content (AvgIpc) is 2.62. The van der Waals surface area contributed by atoms with Gasteiger partial charge in [-0.05, 0) is 56.9 Å². The number of nitrogens with one attached hydrogen (secondary N) is 1. The van der Waals surface area contributed by atoms with Gasteiger partial charge >= 0.3 is 0 Å². The number of pyridine rings is 1. The number of hydrogen-bond acceptors (Lipinski definition) is 4. The number of nitrogens with zero attached hydrogens (tertiary/aromatic N) is 3.